The molecule has 5 nitrogen and oxygen atoms in total. The maximum absolute atomic E-state index is 12.9. The van der Waals surface area contributed by atoms with E-state index in [9.17, 15) is 8.42 Å². The zero-order valence-electron chi connectivity index (χ0n) is 13.3. The lowest BCUT2D eigenvalue weighted by Crippen LogP contribution is -2.34. The molecule has 1 atom stereocenters. The summed E-state index contributed by atoms with van der Waals surface area (Å²) in [6.45, 7) is 5.30. The van der Waals surface area contributed by atoms with Gasteiger partial charge in [-0.1, -0.05) is 6.07 Å². The average molecular weight is 311 g/mol. The molecule has 0 radical (unpaired) electrons. The Balaban J connectivity index is 2.37. The number of nitrogens with zero attached hydrogens (tertiary/aromatic N) is 2. The van der Waals surface area contributed by atoms with Crippen LogP contribution in [0.15, 0.2) is 17.0 Å². The molecule has 1 fully saturated rings. The van der Waals surface area contributed by atoms with E-state index >= 15 is 0 Å². The highest BCUT2D eigenvalue weighted by molar-refractivity contribution is 7.89. The Morgan fingerprint density at radius 2 is 1.95 bits per heavy atom. The third kappa shape index (κ3) is 3.13. The van der Waals surface area contributed by atoms with Crippen molar-refractivity contribution in [3.63, 3.8) is 0 Å². The fourth-order valence-corrected chi connectivity index (χ4v) is 4.61. The number of aryl methyl sites for hydroxylation is 2. The first-order chi connectivity index (χ1) is 9.77. The minimum atomic E-state index is -3.43. The predicted molar refractivity (Wildman–Crippen MR) is 84.7 cm³/mol. The van der Waals surface area contributed by atoms with Gasteiger partial charge in [0.1, 0.15) is 0 Å². The van der Waals surface area contributed by atoms with Gasteiger partial charge in [-0.25, -0.2) is 8.42 Å². The van der Waals surface area contributed by atoms with Crippen LogP contribution < -0.4 is 5.73 Å². The molecule has 1 aliphatic heterocycles. The van der Waals surface area contributed by atoms with E-state index in [0.717, 1.165) is 23.1 Å². The smallest absolute Gasteiger partial charge is 0.243 e. The minimum absolute atomic E-state index is 0.291. The molecule has 1 heterocycles. The van der Waals surface area contributed by atoms with Gasteiger partial charge in [-0.2, -0.15) is 4.31 Å². The molecule has 1 aromatic carbocycles. The topological polar surface area (TPSA) is 66.6 Å². The molecule has 1 saturated heterocycles. The second-order valence-corrected chi connectivity index (χ2v) is 7.92. The van der Waals surface area contributed by atoms with E-state index in [4.69, 9.17) is 5.73 Å². The van der Waals surface area contributed by atoms with Crippen LogP contribution in [0.5, 0.6) is 0 Å². The zero-order chi connectivity index (χ0) is 15.8. The minimum Gasteiger partial charge on any atom is -0.326 e. The predicted octanol–water partition coefficient (Wildman–Crippen LogP) is 1.09. The second-order valence-electron chi connectivity index (χ2n) is 6.02. The molecule has 2 rings (SSSR count). The molecule has 2 N–H and O–H groups in total. The first-order valence-corrected chi connectivity index (χ1v) is 8.68. The van der Waals surface area contributed by atoms with Crippen LogP contribution in [0.25, 0.3) is 0 Å². The standard InChI is InChI=1S/C15H25N3O2S/c1-11-7-12(2)15(8-13(11)9-16)21(19,20)18-6-5-14(10-18)17(3)4/h7-8,14H,5-6,9-10,16H2,1-4H3. The van der Waals surface area contributed by atoms with Gasteiger partial charge >= 0.3 is 0 Å². The zero-order valence-corrected chi connectivity index (χ0v) is 14.1. The van der Waals surface area contributed by atoms with Crippen molar-refractivity contribution in [1.29, 1.82) is 0 Å². The van der Waals surface area contributed by atoms with Gasteiger partial charge < -0.3 is 10.6 Å². The fraction of sp³-hybridized carbons (Fsp3) is 0.600. The molecule has 0 aliphatic carbocycles. The Labute approximate surface area is 127 Å². The van der Waals surface area contributed by atoms with Crippen LogP contribution in [0.2, 0.25) is 0 Å². The molecule has 0 spiro atoms. The van der Waals surface area contributed by atoms with Crippen molar-refractivity contribution in [2.24, 2.45) is 5.73 Å². The van der Waals surface area contributed by atoms with Gasteiger partial charge in [-0.3, -0.25) is 0 Å². The van der Waals surface area contributed by atoms with Gasteiger partial charge in [-0.05, 0) is 57.1 Å². The maximum atomic E-state index is 12.9. The summed E-state index contributed by atoms with van der Waals surface area (Å²) in [5.41, 5.74) is 8.44. The maximum Gasteiger partial charge on any atom is 0.243 e. The van der Waals surface area contributed by atoms with Crippen molar-refractivity contribution in [1.82, 2.24) is 9.21 Å². The molecule has 0 aromatic heterocycles. The van der Waals surface area contributed by atoms with Crippen LogP contribution in [0.4, 0.5) is 0 Å². The van der Waals surface area contributed by atoms with Crippen LogP contribution in [-0.4, -0.2) is 50.8 Å². The van der Waals surface area contributed by atoms with E-state index in [0.29, 0.717) is 30.6 Å². The Hall–Kier alpha value is -0.950. The number of sulfonamides is 1. The number of hydrogen-bond acceptors (Lipinski definition) is 4. The lowest BCUT2D eigenvalue weighted by atomic mass is 10.1. The van der Waals surface area contributed by atoms with Crippen LogP contribution in [0.3, 0.4) is 0 Å². The Morgan fingerprint density at radius 1 is 1.29 bits per heavy atom. The van der Waals surface area contributed by atoms with Crippen molar-refractivity contribution in [2.75, 3.05) is 27.2 Å². The van der Waals surface area contributed by atoms with Gasteiger partial charge in [0.25, 0.3) is 0 Å². The van der Waals surface area contributed by atoms with Crippen LogP contribution in [0.1, 0.15) is 23.1 Å². The van der Waals surface area contributed by atoms with Crippen molar-refractivity contribution < 1.29 is 8.42 Å². The van der Waals surface area contributed by atoms with Gasteiger partial charge in [-0.15, -0.1) is 0 Å². The quantitative estimate of drug-likeness (QED) is 0.904. The van der Waals surface area contributed by atoms with E-state index in [1.807, 2.05) is 34.0 Å². The number of hydrogen-bond donors (Lipinski definition) is 1. The van der Waals surface area contributed by atoms with Crippen LogP contribution in [-0.2, 0) is 16.6 Å². The molecule has 6 heteroatoms. The highest BCUT2D eigenvalue weighted by Gasteiger charge is 2.34. The van der Waals surface area contributed by atoms with Crippen molar-refractivity contribution in [3.8, 4) is 0 Å². The number of likely N-dealkylation sites (N-methyl/N-ethyl adjacent to an activating group) is 1. The first-order valence-electron chi connectivity index (χ1n) is 7.24. The van der Waals surface area contributed by atoms with E-state index < -0.39 is 10.0 Å². The summed E-state index contributed by atoms with van der Waals surface area (Å²) in [6, 6.07) is 3.94. The number of rotatable bonds is 4. The van der Waals surface area contributed by atoms with Crippen molar-refractivity contribution >= 4 is 10.0 Å². The lowest BCUT2D eigenvalue weighted by molar-refractivity contribution is 0.302. The summed E-state index contributed by atoms with van der Waals surface area (Å²) in [6.07, 6.45) is 0.876. The van der Waals surface area contributed by atoms with E-state index in [1.54, 1.807) is 10.4 Å². The monoisotopic (exact) mass is 311 g/mol. The number of benzene rings is 1. The summed E-state index contributed by atoms with van der Waals surface area (Å²) in [7, 11) is 0.547. The van der Waals surface area contributed by atoms with E-state index in [2.05, 4.69) is 4.90 Å². The first kappa shape index (κ1) is 16.4. The summed E-state index contributed by atoms with van der Waals surface area (Å²) in [5.74, 6) is 0. The number of nitrogens with two attached hydrogens (primary N) is 1. The molecule has 118 valence electrons. The van der Waals surface area contributed by atoms with E-state index in [1.165, 1.54) is 0 Å². The van der Waals surface area contributed by atoms with Gasteiger partial charge in [0.2, 0.25) is 10.0 Å². The van der Waals surface area contributed by atoms with Crippen molar-refractivity contribution in [2.45, 2.75) is 37.8 Å². The highest BCUT2D eigenvalue weighted by atomic mass is 32.2. The lowest BCUT2D eigenvalue weighted by Gasteiger charge is -2.21. The Morgan fingerprint density at radius 3 is 2.48 bits per heavy atom. The average Bonchev–Trinajstić information content (AvgIpc) is 2.89. The Kier molecular flexibility index (Phi) is 4.72. The normalized spacial score (nSPS) is 20.4. The van der Waals surface area contributed by atoms with Gasteiger partial charge in [0.15, 0.2) is 0 Å². The fourth-order valence-electron chi connectivity index (χ4n) is 2.86. The van der Waals surface area contributed by atoms with Gasteiger partial charge in [0.05, 0.1) is 4.90 Å². The molecule has 1 aromatic rings. The molecule has 21 heavy (non-hydrogen) atoms. The molecule has 0 bridgehead atoms. The summed E-state index contributed by atoms with van der Waals surface area (Å²) in [4.78, 5) is 2.48. The second kappa shape index (κ2) is 6.04. The largest absolute Gasteiger partial charge is 0.326 e. The molecular formula is C15H25N3O2S. The summed E-state index contributed by atoms with van der Waals surface area (Å²) < 4.78 is 27.3. The molecule has 0 saturated carbocycles. The van der Waals surface area contributed by atoms with Gasteiger partial charge in [0, 0.05) is 25.7 Å². The third-order valence-electron chi connectivity index (χ3n) is 4.33. The van der Waals surface area contributed by atoms with Crippen molar-refractivity contribution in [3.05, 3.63) is 28.8 Å². The SMILES string of the molecule is Cc1cc(C)c(S(=O)(=O)N2CCC(N(C)C)C2)cc1CN. The molecule has 1 unspecified atom stereocenters. The Bertz CT molecular complexity index is 626. The molecule has 1 aliphatic rings. The summed E-state index contributed by atoms with van der Waals surface area (Å²) >= 11 is 0. The third-order valence-corrected chi connectivity index (χ3v) is 6.33. The molecular weight excluding hydrogens is 286 g/mol. The highest BCUT2D eigenvalue weighted by Crippen LogP contribution is 2.27. The van der Waals surface area contributed by atoms with E-state index in [-0.39, 0.29) is 0 Å². The van der Waals surface area contributed by atoms with Crippen LogP contribution in [0, 0.1) is 13.8 Å². The van der Waals surface area contributed by atoms with Crippen LogP contribution >= 0.6 is 0 Å². The molecule has 0 amide bonds. The summed E-state index contributed by atoms with van der Waals surface area (Å²) in [5, 5.41) is 0.